The number of para-hydroxylation sites is 2. The molecule has 4 heteroatoms. The average Bonchev–Trinajstić information content (AvgIpc) is 3.44. The van der Waals surface area contributed by atoms with Crippen LogP contribution in [0.1, 0.15) is 76.6 Å². The van der Waals surface area contributed by atoms with E-state index in [-0.39, 0.29) is 36.4 Å². The molecule has 1 aliphatic heterocycles. The van der Waals surface area contributed by atoms with Crippen LogP contribution in [-0.4, -0.2) is 9.55 Å². The summed E-state index contributed by atoms with van der Waals surface area (Å²) in [6.07, 6.45) is 7.90. The molecular weight excluding hydrogens is 727 g/mol. The molecule has 1 aliphatic carbocycles. The minimum Gasteiger partial charge on any atom is -0.314 e. The van der Waals surface area contributed by atoms with E-state index in [9.17, 15) is 0 Å². The number of benzene rings is 4. The van der Waals surface area contributed by atoms with Crippen LogP contribution in [0, 0.1) is 18.5 Å². The molecule has 0 fully saturated rings. The summed E-state index contributed by atoms with van der Waals surface area (Å²) in [4.78, 5) is 4.22. The molecule has 0 N–H and O–H groups in total. The van der Waals surface area contributed by atoms with Gasteiger partial charge in [0.15, 0.2) is 0 Å². The van der Waals surface area contributed by atoms with Crippen LogP contribution in [0.4, 0.5) is 0 Å². The van der Waals surface area contributed by atoms with Gasteiger partial charge in [-0.15, -0.1) is 52.6 Å². The number of hydrogen-bond acceptors (Lipinski definition) is 1. The van der Waals surface area contributed by atoms with E-state index in [2.05, 4.69) is 129 Å². The summed E-state index contributed by atoms with van der Waals surface area (Å²) in [5, 5.41) is 0. The maximum Gasteiger partial charge on any atom is 3.00 e. The Bertz CT molecular complexity index is 1930. The number of fused-ring (bicyclic) bond motifs is 4. The zero-order chi connectivity index (χ0) is 30.7. The molecule has 0 radical (unpaired) electrons. The summed E-state index contributed by atoms with van der Waals surface area (Å²) < 4.78 is 4.47. The van der Waals surface area contributed by atoms with Crippen LogP contribution in [0.25, 0.3) is 33.7 Å². The standard InChI is InChI=1S/C30H31N2.C11H8N.Ir/c1-28(2)17-18-29(3,4)25-21(28)15-16-23-26(25)30(5,6)22-13-10-14-24-27(22)32(23)19-31(24)20-11-8-7-9-12-20;1-2-6-10(7-3-1)11-8-4-5-9-12-11;/h7-15H,17-18H2,1-6H3;1-6,8-9H;/q2*-1;+3. The van der Waals surface area contributed by atoms with E-state index in [1.807, 2.05) is 42.5 Å². The zero-order valence-corrected chi connectivity index (χ0v) is 29.3. The quantitative estimate of drug-likeness (QED) is 0.127. The van der Waals surface area contributed by atoms with E-state index >= 15 is 0 Å². The Balaban J connectivity index is 0.000000231. The molecular formula is C41H39IrN3+. The number of rotatable bonds is 2. The van der Waals surface area contributed by atoms with Gasteiger partial charge >= 0.3 is 20.1 Å². The minimum absolute atomic E-state index is 0. The van der Waals surface area contributed by atoms with Crippen molar-refractivity contribution in [1.82, 2.24) is 9.55 Å². The van der Waals surface area contributed by atoms with Crippen molar-refractivity contribution in [3.05, 3.63) is 144 Å². The largest absolute Gasteiger partial charge is 3.00 e. The molecule has 6 aromatic rings. The molecule has 0 spiro atoms. The third-order valence-electron chi connectivity index (χ3n) is 9.76. The van der Waals surface area contributed by atoms with Crippen LogP contribution >= 0.6 is 0 Å². The van der Waals surface area contributed by atoms with Gasteiger partial charge in [0.2, 0.25) is 0 Å². The number of imidazole rings is 1. The van der Waals surface area contributed by atoms with Crippen LogP contribution in [-0.2, 0) is 36.4 Å². The molecule has 2 aliphatic rings. The zero-order valence-electron chi connectivity index (χ0n) is 26.9. The molecule has 0 bridgehead atoms. The summed E-state index contributed by atoms with van der Waals surface area (Å²) >= 11 is 0. The van der Waals surface area contributed by atoms with Gasteiger partial charge in [0.05, 0.1) is 16.7 Å². The van der Waals surface area contributed by atoms with Crippen molar-refractivity contribution in [2.45, 2.75) is 70.6 Å². The van der Waals surface area contributed by atoms with Gasteiger partial charge in [0.1, 0.15) is 0 Å². The molecule has 3 nitrogen and oxygen atoms in total. The minimum atomic E-state index is -0.113. The first-order valence-corrected chi connectivity index (χ1v) is 15.6. The maximum atomic E-state index is 4.22. The Kier molecular flexibility index (Phi) is 7.96. The second kappa shape index (κ2) is 11.5. The smallest absolute Gasteiger partial charge is 0.314 e. The Labute approximate surface area is 281 Å². The van der Waals surface area contributed by atoms with Gasteiger partial charge in [0, 0.05) is 6.20 Å². The van der Waals surface area contributed by atoms with Gasteiger partial charge in [-0.05, 0) is 52.4 Å². The van der Waals surface area contributed by atoms with Crippen molar-refractivity contribution < 1.29 is 24.7 Å². The van der Waals surface area contributed by atoms with E-state index in [1.165, 1.54) is 46.1 Å². The fourth-order valence-corrected chi connectivity index (χ4v) is 7.24. The van der Waals surface area contributed by atoms with Crippen molar-refractivity contribution in [2.75, 3.05) is 0 Å². The van der Waals surface area contributed by atoms with E-state index in [0.717, 1.165) is 22.6 Å². The fraction of sp³-hybridized carbons (Fsp3) is 0.268. The van der Waals surface area contributed by atoms with Gasteiger partial charge in [-0.2, -0.15) is 12.1 Å². The molecule has 2 aromatic heterocycles. The van der Waals surface area contributed by atoms with E-state index in [4.69, 9.17) is 0 Å². The summed E-state index contributed by atoms with van der Waals surface area (Å²) in [6, 6.07) is 40.1. The molecule has 0 atom stereocenters. The predicted octanol–water partition coefficient (Wildman–Crippen LogP) is 9.04. The first-order chi connectivity index (χ1) is 21.1. The molecule has 45 heavy (non-hydrogen) atoms. The number of aromatic nitrogens is 3. The topological polar surface area (TPSA) is 21.7 Å². The van der Waals surface area contributed by atoms with Gasteiger partial charge < -0.3 is 9.55 Å². The molecule has 0 amide bonds. The summed E-state index contributed by atoms with van der Waals surface area (Å²) in [5.41, 5.74) is 12.7. The normalized spacial score (nSPS) is 16.4. The molecule has 4 aromatic carbocycles. The molecule has 3 heterocycles. The molecule has 8 rings (SSSR count). The van der Waals surface area contributed by atoms with Gasteiger partial charge in [0.25, 0.3) is 6.33 Å². The van der Waals surface area contributed by atoms with E-state index in [0.29, 0.717) is 0 Å². The number of pyridine rings is 1. The van der Waals surface area contributed by atoms with Crippen LogP contribution in [0.2, 0.25) is 0 Å². The Morgan fingerprint density at radius 2 is 1.44 bits per heavy atom. The monoisotopic (exact) mass is 766 g/mol. The van der Waals surface area contributed by atoms with Crippen molar-refractivity contribution in [3.63, 3.8) is 0 Å². The third kappa shape index (κ3) is 5.19. The van der Waals surface area contributed by atoms with Crippen molar-refractivity contribution in [1.29, 1.82) is 0 Å². The molecule has 0 unspecified atom stereocenters. The van der Waals surface area contributed by atoms with Gasteiger partial charge in [-0.3, -0.25) is 4.57 Å². The second-order valence-corrected chi connectivity index (χ2v) is 14.0. The van der Waals surface area contributed by atoms with Crippen LogP contribution in [0.15, 0.2) is 103 Å². The van der Waals surface area contributed by atoms with Crippen LogP contribution in [0.5, 0.6) is 0 Å². The Hall–Kier alpha value is -3.85. The summed E-state index contributed by atoms with van der Waals surface area (Å²) in [7, 11) is 0. The second-order valence-electron chi connectivity index (χ2n) is 14.0. The van der Waals surface area contributed by atoms with Crippen LogP contribution in [0.3, 0.4) is 0 Å². The van der Waals surface area contributed by atoms with Gasteiger partial charge in [-0.1, -0.05) is 102 Å². The number of nitrogens with zero attached hydrogens (tertiary/aromatic N) is 3. The van der Waals surface area contributed by atoms with E-state index < -0.39 is 0 Å². The van der Waals surface area contributed by atoms with E-state index in [1.54, 1.807) is 6.20 Å². The Morgan fingerprint density at radius 1 is 0.711 bits per heavy atom. The summed E-state index contributed by atoms with van der Waals surface area (Å²) in [6.45, 7) is 14.4. The third-order valence-corrected chi connectivity index (χ3v) is 9.76. The van der Waals surface area contributed by atoms with Crippen molar-refractivity contribution in [2.24, 2.45) is 0 Å². The molecule has 226 valence electrons. The number of hydrogen-bond donors (Lipinski definition) is 0. The Morgan fingerprint density at radius 3 is 2.16 bits per heavy atom. The predicted molar refractivity (Wildman–Crippen MR) is 178 cm³/mol. The molecule has 0 saturated carbocycles. The first kappa shape index (κ1) is 31.1. The summed E-state index contributed by atoms with van der Waals surface area (Å²) in [5.74, 6) is 0. The SMILES string of the molecule is CC1(C)CCC(C)(C)c2c1c[c-]c1c2C(C)(C)c2cccc3c2[n+]-1[c-]n3-c1ccccc1.[Ir+3].[c-]1ccccc1-c1ccccn1. The fourth-order valence-electron chi connectivity index (χ4n) is 7.24. The van der Waals surface area contributed by atoms with Crippen molar-refractivity contribution >= 4 is 11.0 Å². The first-order valence-electron chi connectivity index (χ1n) is 15.6. The van der Waals surface area contributed by atoms with Crippen LogP contribution < -0.4 is 4.57 Å². The van der Waals surface area contributed by atoms with Crippen molar-refractivity contribution in [3.8, 4) is 22.6 Å². The van der Waals surface area contributed by atoms with Gasteiger partial charge in [-0.25, -0.2) is 0 Å². The average molecular weight is 766 g/mol. The molecule has 0 saturated heterocycles. The maximum absolute atomic E-state index is 4.22.